The van der Waals surface area contributed by atoms with Crippen LogP contribution in [0.2, 0.25) is 0 Å². The predicted octanol–water partition coefficient (Wildman–Crippen LogP) is 2.76. The van der Waals surface area contributed by atoms with E-state index in [1.54, 1.807) is 0 Å². The fraction of sp³-hybridized carbons (Fsp3) is 0.625. The molecule has 0 amide bonds. The topological polar surface area (TPSA) is 52.0 Å². The van der Waals surface area contributed by atoms with Crippen molar-refractivity contribution in [2.45, 2.75) is 46.0 Å². The van der Waals surface area contributed by atoms with Crippen LogP contribution in [0.3, 0.4) is 0 Å². The van der Waals surface area contributed by atoms with Crippen LogP contribution in [0.15, 0.2) is 18.2 Å². The Morgan fingerprint density at radius 1 is 1.11 bits per heavy atom. The summed E-state index contributed by atoms with van der Waals surface area (Å²) in [4.78, 5) is 0. The maximum atomic E-state index is 5.70. The highest BCUT2D eigenvalue weighted by molar-refractivity contribution is 5.34. The van der Waals surface area contributed by atoms with Crippen LogP contribution in [0.1, 0.15) is 43.9 Å². The summed E-state index contributed by atoms with van der Waals surface area (Å²) in [5.41, 5.74) is 15.8. The molecule has 1 aromatic rings. The van der Waals surface area contributed by atoms with Crippen LogP contribution in [0, 0.1) is 12.8 Å². The van der Waals surface area contributed by atoms with E-state index < -0.39 is 0 Å². The standard InChI is InChI=1S/C16H28N2/c1-12-5-8-15(16(2,3)4)9-14(12)7-6-13(10-17)11-18/h5,8-9,13H,6-7,10-11,17-18H2,1-4H3. The lowest BCUT2D eigenvalue weighted by Crippen LogP contribution is -2.23. The largest absolute Gasteiger partial charge is 0.330 e. The Balaban J connectivity index is 2.82. The first-order valence-electron chi connectivity index (χ1n) is 6.88. The molecule has 0 spiro atoms. The Hall–Kier alpha value is -0.860. The van der Waals surface area contributed by atoms with Crippen molar-refractivity contribution >= 4 is 0 Å². The molecule has 102 valence electrons. The van der Waals surface area contributed by atoms with Gasteiger partial charge in [-0.25, -0.2) is 0 Å². The maximum absolute atomic E-state index is 5.70. The fourth-order valence-corrected chi connectivity index (χ4v) is 2.10. The molecule has 0 saturated heterocycles. The summed E-state index contributed by atoms with van der Waals surface area (Å²) in [6.45, 7) is 10.3. The monoisotopic (exact) mass is 248 g/mol. The summed E-state index contributed by atoms with van der Waals surface area (Å²) in [7, 11) is 0. The number of rotatable bonds is 5. The second-order valence-electron chi connectivity index (χ2n) is 6.27. The smallest absolute Gasteiger partial charge is 0.00367 e. The summed E-state index contributed by atoms with van der Waals surface area (Å²) >= 11 is 0. The second kappa shape index (κ2) is 6.35. The third-order valence-corrected chi connectivity index (χ3v) is 3.70. The van der Waals surface area contributed by atoms with Crippen molar-refractivity contribution in [2.75, 3.05) is 13.1 Å². The SMILES string of the molecule is Cc1ccc(C(C)(C)C)cc1CCC(CN)CN. The normalized spacial score (nSPS) is 12.2. The summed E-state index contributed by atoms with van der Waals surface area (Å²) < 4.78 is 0. The Morgan fingerprint density at radius 3 is 2.22 bits per heavy atom. The molecule has 2 heteroatoms. The quantitative estimate of drug-likeness (QED) is 0.842. The molecule has 1 aromatic carbocycles. The van der Waals surface area contributed by atoms with Crippen LogP contribution >= 0.6 is 0 Å². The van der Waals surface area contributed by atoms with Gasteiger partial charge in [0, 0.05) is 0 Å². The first kappa shape index (κ1) is 15.2. The van der Waals surface area contributed by atoms with Gasteiger partial charge in [0.25, 0.3) is 0 Å². The lowest BCUT2D eigenvalue weighted by molar-refractivity contribution is 0.506. The van der Waals surface area contributed by atoms with Crippen molar-refractivity contribution in [1.29, 1.82) is 0 Å². The van der Waals surface area contributed by atoms with Crippen molar-refractivity contribution in [2.24, 2.45) is 17.4 Å². The molecule has 2 nitrogen and oxygen atoms in total. The zero-order chi connectivity index (χ0) is 13.8. The maximum Gasteiger partial charge on any atom is -0.00367 e. The zero-order valence-corrected chi connectivity index (χ0v) is 12.3. The molecule has 18 heavy (non-hydrogen) atoms. The molecule has 0 aliphatic carbocycles. The second-order valence-corrected chi connectivity index (χ2v) is 6.27. The van der Waals surface area contributed by atoms with E-state index >= 15 is 0 Å². The fourth-order valence-electron chi connectivity index (χ4n) is 2.10. The molecule has 4 N–H and O–H groups in total. The molecule has 0 heterocycles. The van der Waals surface area contributed by atoms with E-state index in [1.165, 1.54) is 16.7 Å². The first-order valence-corrected chi connectivity index (χ1v) is 6.88. The van der Waals surface area contributed by atoms with E-state index in [0.717, 1.165) is 12.8 Å². The van der Waals surface area contributed by atoms with Gasteiger partial charge in [0.1, 0.15) is 0 Å². The van der Waals surface area contributed by atoms with Crippen molar-refractivity contribution in [3.63, 3.8) is 0 Å². The van der Waals surface area contributed by atoms with Crippen molar-refractivity contribution < 1.29 is 0 Å². The highest BCUT2D eigenvalue weighted by Gasteiger charge is 2.15. The van der Waals surface area contributed by atoms with Crippen LogP contribution < -0.4 is 11.5 Å². The first-order chi connectivity index (χ1) is 8.38. The summed E-state index contributed by atoms with van der Waals surface area (Å²) in [6.07, 6.45) is 2.16. The Labute approximate surface area is 112 Å². The van der Waals surface area contributed by atoms with Gasteiger partial charge in [-0.15, -0.1) is 0 Å². The molecular formula is C16H28N2. The van der Waals surface area contributed by atoms with Crippen molar-refractivity contribution in [1.82, 2.24) is 0 Å². The van der Waals surface area contributed by atoms with Crippen molar-refractivity contribution in [3.05, 3.63) is 34.9 Å². The molecule has 0 atom stereocenters. The van der Waals surface area contributed by atoms with Crippen LogP contribution in [-0.4, -0.2) is 13.1 Å². The Bertz CT molecular complexity index is 373. The third kappa shape index (κ3) is 4.11. The summed E-state index contributed by atoms with van der Waals surface area (Å²) in [6, 6.07) is 6.82. The average Bonchev–Trinajstić information content (AvgIpc) is 2.31. The summed E-state index contributed by atoms with van der Waals surface area (Å²) in [5, 5.41) is 0. The molecule has 1 rings (SSSR count). The number of aryl methyl sites for hydroxylation is 2. The molecule has 0 unspecified atom stereocenters. The van der Waals surface area contributed by atoms with Crippen molar-refractivity contribution in [3.8, 4) is 0 Å². The van der Waals surface area contributed by atoms with Crippen LogP contribution in [0.25, 0.3) is 0 Å². The minimum Gasteiger partial charge on any atom is -0.330 e. The van der Waals surface area contributed by atoms with Crippen LogP contribution in [-0.2, 0) is 11.8 Å². The Morgan fingerprint density at radius 2 is 1.72 bits per heavy atom. The van der Waals surface area contributed by atoms with Gasteiger partial charge in [-0.3, -0.25) is 0 Å². The van der Waals surface area contributed by atoms with Gasteiger partial charge in [0.2, 0.25) is 0 Å². The average molecular weight is 248 g/mol. The van der Waals surface area contributed by atoms with E-state index in [1.807, 2.05) is 0 Å². The molecular weight excluding hydrogens is 220 g/mol. The number of benzene rings is 1. The van der Waals surface area contributed by atoms with E-state index in [4.69, 9.17) is 11.5 Å². The molecule has 0 saturated carbocycles. The molecule has 0 radical (unpaired) electrons. The minimum absolute atomic E-state index is 0.212. The van der Waals surface area contributed by atoms with Crippen LogP contribution in [0.4, 0.5) is 0 Å². The Kier molecular flexibility index (Phi) is 5.36. The molecule has 0 fully saturated rings. The van der Waals surface area contributed by atoms with Gasteiger partial charge in [0.15, 0.2) is 0 Å². The summed E-state index contributed by atoms with van der Waals surface area (Å²) in [5.74, 6) is 0.447. The van der Waals surface area contributed by atoms with Gasteiger partial charge in [-0.05, 0) is 60.9 Å². The molecule has 0 aliphatic rings. The molecule has 0 aromatic heterocycles. The van der Waals surface area contributed by atoms with E-state index in [9.17, 15) is 0 Å². The lowest BCUT2D eigenvalue weighted by atomic mass is 9.84. The van der Waals surface area contributed by atoms with Crippen LogP contribution in [0.5, 0.6) is 0 Å². The third-order valence-electron chi connectivity index (χ3n) is 3.70. The number of hydrogen-bond acceptors (Lipinski definition) is 2. The lowest BCUT2D eigenvalue weighted by Gasteiger charge is -2.21. The number of nitrogens with two attached hydrogens (primary N) is 2. The minimum atomic E-state index is 0.212. The van der Waals surface area contributed by atoms with Gasteiger partial charge >= 0.3 is 0 Å². The highest BCUT2D eigenvalue weighted by atomic mass is 14.6. The molecule has 0 aliphatic heterocycles. The van der Waals surface area contributed by atoms with E-state index in [0.29, 0.717) is 19.0 Å². The zero-order valence-electron chi connectivity index (χ0n) is 12.3. The van der Waals surface area contributed by atoms with Gasteiger partial charge in [-0.2, -0.15) is 0 Å². The van der Waals surface area contributed by atoms with E-state index in [-0.39, 0.29) is 5.41 Å². The van der Waals surface area contributed by atoms with Gasteiger partial charge in [0.05, 0.1) is 0 Å². The number of hydrogen-bond donors (Lipinski definition) is 2. The molecule has 0 bridgehead atoms. The predicted molar refractivity (Wildman–Crippen MR) is 79.8 cm³/mol. The van der Waals surface area contributed by atoms with Gasteiger partial charge < -0.3 is 11.5 Å². The van der Waals surface area contributed by atoms with E-state index in [2.05, 4.69) is 45.9 Å². The highest BCUT2D eigenvalue weighted by Crippen LogP contribution is 2.25. The van der Waals surface area contributed by atoms with Gasteiger partial charge in [-0.1, -0.05) is 39.0 Å².